The lowest BCUT2D eigenvalue weighted by Gasteiger charge is -2.35. The first-order valence-corrected chi connectivity index (χ1v) is 10.1. The summed E-state index contributed by atoms with van der Waals surface area (Å²) >= 11 is 6.23. The number of piperidine rings is 1. The fourth-order valence-electron chi connectivity index (χ4n) is 4.38. The number of rotatable bonds is 2. The van der Waals surface area contributed by atoms with E-state index in [1.807, 2.05) is 43.3 Å². The highest BCUT2D eigenvalue weighted by Gasteiger charge is 2.37. The first-order chi connectivity index (χ1) is 13.6. The summed E-state index contributed by atoms with van der Waals surface area (Å²) < 4.78 is 6.13. The SMILES string of the molecule is CCOC(=O)N1CCC(C2c3ccc(Cl)cc3C=Cc3ccc[n+]([O-])c32)CC1. The molecule has 28 heavy (non-hydrogen) atoms. The Balaban J connectivity index is 1.71. The first kappa shape index (κ1) is 18.8. The van der Waals surface area contributed by atoms with Crippen molar-refractivity contribution >= 4 is 29.8 Å². The van der Waals surface area contributed by atoms with Crippen LogP contribution in [0.1, 0.15) is 48.1 Å². The summed E-state index contributed by atoms with van der Waals surface area (Å²) in [5.74, 6) is 0.215. The van der Waals surface area contributed by atoms with Gasteiger partial charge in [0.05, 0.1) is 12.5 Å². The molecular formula is C22H23ClN2O3. The van der Waals surface area contributed by atoms with Gasteiger partial charge >= 0.3 is 6.09 Å². The highest BCUT2D eigenvalue weighted by molar-refractivity contribution is 6.30. The van der Waals surface area contributed by atoms with Crippen LogP contribution in [0.15, 0.2) is 36.5 Å². The van der Waals surface area contributed by atoms with Gasteiger partial charge in [-0.1, -0.05) is 23.7 Å². The molecule has 1 atom stereocenters. The van der Waals surface area contributed by atoms with E-state index in [4.69, 9.17) is 16.3 Å². The number of ether oxygens (including phenoxy) is 1. The second-order valence-corrected chi connectivity index (χ2v) is 7.72. The Morgan fingerprint density at radius 1 is 1.25 bits per heavy atom. The van der Waals surface area contributed by atoms with E-state index in [0.717, 1.165) is 40.0 Å². The molecule has 4 rings (SSSR count). The zero-order valence-electron chi connectivity index (χ0n) is 15.8. The van der Waals surface area contributed by atoms with E-state index in [9.17, 15) is 10.0 Å². The predicted molar refractivity (Wildman–Crippen MR) is 109 cm³/mol. The number of fused-ring (bicyclic) bond motifs is 2. The third-order valence-corrected chi connectivity index (χ3v) is 5.92. The van der Waals surface area contributed by atoms with E-state index in [1.165, 1.54) is 0 Å². The van der Waals surface area contributed by atoms with Crippen molar-refractivity contribution < 1.29 is 14.3 Å². The second-order valence-electron chi connectivity index (χ2n) is 7.28. The van der Waals surface area contributed by atoms with Gasteiger partial charge in [-0.05, 0) is 61.1 Å². The molecule has 5 nitrogen and oxygen atoms in total. The number of benzene rings is 1. The molecule has 1 fully saturated rings. The van der Waals surface area contributed by atoms with Gasteiger partial charge < -0.3 is 14.8 Å². The lowest BCUT2D eigenvalue weighted by molar-refractivity contribution is -0.615. The number of hydrogen-bond acceptors (Lipinski definition) is 3. The summed E-state index contributed by atoms with van der Waals surface area (Å²) in [7, 11) is 0. The Bertz CT molecular complexity index is 920. The molecule has 0 saturated carbocycles. The van der Waals surface area contributed by atoms with Gasteiger partial charge in [-0.2, -0.15) is 4.73 Å². The molecule has 1 aliphatic carbocycles. The maximum atomic E-state index is 12.8. The van der Waals surface area contributed by atoms with Crippen molar-refractivity contribution in [3.8, 4) is 0 Å². The number of hydrogen-bond donors (Lipinski definition) is 0. The number of nitrogens with zero attached hydrogens (tertiary/aromatic N) is 2. The minimum atomic E-state index is -0.255. The highest BCUT2D eigenvalue weighted by Crippen LogP contribution is 2.42. The van der Waals surface area contributed by atoms with Crippen molar-refractivity contribution in [2.24, 2.45) is 5.92 Å². The number of pyridine rings is 1. The third kappa shape index (κ3) is 3.47. The molecule has 0 N–H and O–H groups in total. The van der Waals surface area contributed by atoms with Gasteiger partial charge in [0, 0.05) is 29.7 Å². The molecule has 2 aliphatic rings. The first-order valence-electron chi connectivity index (χ1n) is 9.69. The van der Waals surface area contributed by atoms with E-state index < -0.39 is 0 Å². The fraction of sp³-hybridized carbons (Fsp3) is 0.364. The molecule has 1 aliphatic heterocycles. The number of carbonyl (C=O) groups excluding carboxylic acids is 1. The van der Waals surface area contributed by atoms with Crippen LogP contribution in [0.4, 0.5) is 4.79 Å². The maximum Gasteiger partial charge on any atom is 0.409 e. The summed E-state index contributed by atoms with van der Waals surface area (Å²) in [6.45, 7) is 3.47. The van der Waals surface area contributed by atoms with E-state index in [0.29, 0.717) is 24.7 Å². The van der Waals surface area contributed by atoms with Crippen LogP contribution < -0.4 is 4.73 Å². The van der Waals surface area contributed by atoms with Gasteiger partial charge in [0.1, 0.15) is 0 Å². The Morgan fingerprint density at radius 3 is 2.75 bits per heavy atom. The second kappa shape index (κ2) is 7.84. The predicted octanol–water partition coefficient (Wildman–Crippen LogP) is 4.46. The molecule has 1 saturated heterocycles. The van der Waals surface area contributed by atoms with Gasteiger partial charge in [0.2, 0.25) is 5.69 Å². The lowest BCUT2D eigenvalue weighted by atomic mass is 9.76. The summed E-state index contributed by atoms with van der Waals surface area (Å²) in [4.78, 5) is 13.8. The van der Waals surface area contributed by atoms with Gasteiger partial charge in [-0.25, -0.2) is 4.79 Å². The number of amides is 1. The maximum absolute atomic E-state index is 12.8. The fourth-order valence-corrected chi connectivity index (χ4v) is 4.56. The largest absolute Gasteiger partial charge is 0.618 e. The average molecular weight is 399 g/mol. The van der Waals surface area contributed by atoms with Crippen LogP contribution in [-0.2, 0) is 4.74 Å². The van der Waals surface area contributed by atoms with Crippen LogP contribution in [0.2, 0.25) is 5.02 Å². The molecular weight excluding hydrogens is 376 g/mol. The smallest absolute Gasteiger partial charge is 0.409 e. The van der Waals surface area contributed by atoms with Crippen molar-refractivity contribution in [3.05, 3.63) is 69.1 Å². The normalized spacial score (nSPS) is 18.9. The van der Waals surface area contributed by atoms with Crippen LogP contribution in [0, 0.1) is 11.1 Å². The van der Waals surface area contributed by atoms with Crippen LogP contribution in [0.25, 0.3) is 12.2 Å². The molecule has 1 amide bonds. The summed E-state index contributed by atoms with van der Waals surface area (Å²) in [5, 5.41) is 13.5. The van der Waals surface area contributed by atoms with E-state index in [2.05, 4.69) is 0 Å². The minimum Gasteiger partial charge on any atom is -0.618 e. The van der Waals surface area contributed by atoms with Crippen molar-refractivity contribution in [3.63, 3.8) is 0 Å². The Labute approximate surface area is 169 Å². The molecule has 146 valence electrons. The summed E-state index contributed by atoms with van der Waals surface area (Å²) in [5.41, 5.74) is 3.86. The van der Waals surface area contributed by atoms with Crippen molar-refractivity contribution in [1.29, 1.82) is 0 Å². The molecule has 0 radical (unpaired) electrons. The summed E-state index contributed by atoms with van der Waals surface area (Å²) in [6, 6.07) is 9.63. The molecule has 2 heterocycles. The number of likely N-dealkylation sites (tertiary alicyclic amines) is 1. The zero-order chi connectivity index (χ0) is 19.7. The van der Waals surface area contributed by atoms with Crippen molar-refractivity contribution in [1.82, 2.24) is 4.90 Å². The third-order valence-electron chi connectivity index (χ3n) is 5.69. The monoisotopic (exact) mass is 398 g/mol. The minimum absolute atomic E-state index is 0.0414. The molecule has 2 aromatic rings. The van der Waals surface area contributed by atoms with Crippen molar-refractivity contribution in [2.45, 2.75) is 25.7 Å². The molecule has 0 bridgehead atoms. The highest BCUT2D eigenvalue weighted by atomic mass is 35.5. The molecule has 1 aromatic heterocycles. The molecule has 6 heteroatoms. The average Bonchev–Trinajstić information content (AvgIpc) is 2.86. The zero-order valence-corrected chi connectivity index (χ0v) is 16.6. The molecule has 0 spiro atoms. The Hall–Kier alpha value is -2.53. The van der Waals surface area contributed by atoms with Gasteiger partial charge in [0.15, 0.2) is 6.20 Å². The van der Waals surface area contributed by atoms with Crippen molar-refractivity contribution in [2.75, 3.05) is 19.7 Å². The molecule has 1 aromatic carbocycles. The Kier molecular flexibility index (Phi) is 5.27. The standard InChI is InChI=1S/C22H23ClN2O3/c1-2-28-22(26)24-12-9-15(10-13-24)20-19-8-7-18(23)14-17(19)6-5-16-4-3-11-25(27)21(16)20/h3-8,11,14-15,20H,2,9-10,12-13H2,1H3. The number of halogens is 1. The van der Waals surface area contributed by atoms with Gasteiger partial charge in [-0.15, -0.1) is 0 Å². The van der Waals surface area contributed by atoms with Crippen LogP contribution >= 0.6 is 11.6 Å². The van der Waals surface area contributed by atoms with Crippen LogP contribution in [-0.4, -0.2) is 30.7 Å². The van der Waals surface area contributed by atoms with Crippen LogP contribution in [0.3, 0.4) is 0 Å². The van der Waals surface area contributed by atoms with Gasteiger partial charge in [-0.3, -0.25) is 0 Å². The Morgan fingerprint density at radius 2 is 2.00 bits per heavy atom. The number of aromatic nitrogens is 1. The van der Waals surface area contributed by atoms with E-state index in [-0.39, 0.29) is 17.9 Å². The van der Waals surface area contributed by atoms with Crippen LogP contribution in [0.5, 0.6) is 0 Å². The number of carbonyl (C=O) groups is 1. The lowest BCUT2D eigenvalue weighted by Crippen LogP contribution is -2.42. The molecule has 1 unspecified atom stereocenters. The quantitative estimate of drug-likeness (QED) is 0.554. The van der Waals surface area contributed by atoms with E-state index >= 15 is 0 Å². The topological polar surface area (TPSA) is 56.5 Å². The summed E-state index contributed by atoms with van der Waals surface area (Å²) in [6.07, 6.45) is 6.98. The van der Waals surface area contributed by atoms with Gasteiger partial charge in [0.25, 0.3) is 0 Å². The van der Waals surface area contributed by atoms with E-state index in [1.54, 1.807) is 17.2 Å².